The monoisotopic (exact) mass is 412 g/mol. The fourth-order valence-corrected chi connectivity index (χ4v) is 5.44. The van der Waals surface area contributed by atoms with Gasteiger partial charge in [-0.05, 0) is 43.2 Å². The van der Waals surface area contributed by atoms with E-state index in [2.05, 4.69) is 20.2 Å². The van der Waals surface area contributed by atoms with Gasteiger partial charge >= 0.3 is 11.1 Å². The minimum Gasteiger partial charge on any atom is -0.316 e. The second-order valence-corrected chi connectivity index (χ2v) is 8.77. The molecule has 148 valence electrons. The number of aromatic nitrogens is 5. The van der Waals surface area contributed by atoms with Crippen molar-refractivity contribution in [2.24, 2.45) is 0 Å². The molecule has 11 heteroatoms. The van der Waals surface area contributed by atoms with Crippen LogP contribution in [0.1, 0.15) is 24.7 Å². The number of sulfonamides is 1. The molecule has 29 heavy (non-hydrogen) atoms. The van der Waals surface area contributed by atoms with Crippen molar-refractivity contribution in [2.75, 3.05) is 6.54 Å². The third kappa shape index (κ3) is 2.77. The highest BCUT2D eigenvalue weighted by Crippen LogP contribution is 2.36. The van der Waals surface area contributed by atoms with E-state index in [1.54, 1.807) is 4.40 Å². The van der Waals surface area contributed by atoms with Crippen LogP contribution in [0.5, 0.6) is 0 Å². The Labute approximate surface area is 163 Å². The number of pyridine rings is 1. The van der Waals surface area contributed by atoms with Gasteiger partial charge in [0.15, 0.2) is 11.5 Å². The van der Waals surface area contributed by atoms with Crippen molar-refractivity contribution in [3.8, 4) is 0 Å². The van der Waals surface area contributed by atoms with Crippen molar-refractivity contribution < 1.29 is 8.42 Å². The molecule has 1 atom stereocenters. The third-order valence-corrected chi connectivity index (χ3v) is 7.05. The van der Waals surface area contributed by atoms with Gasteiger partial charge in [0.25, 0.3) is 0 Å². The Morgan fingerprint density at radius 1 is 1.00 bits per heavy atom. The van der Waals surface area contributed by atoms with Crippen LogP contribution < -0.4 is 11.1 Å². The number of H-pyrrole nitrogens is 2. The molecule has 3 aromatic heterocycles. The average molecular weight is 412 g/mol. The Morgan fingerprint density at radius 2 is 1.79 bits per heavy atom. The topological polar surface area (TPSA) is 133 Å². The summed E-state index contributed by atoms with van der Waals surface area (Å²) in [6, 6.07) is 9.30. The minimum atomic E-state index is -3.86. The molecule has 5 rings (SSSR count). The van der Waals surface area contributed by atoms with E-state index in [-0.39, 0.29) is 10.4 Å². The van der Waals surface area contributed by atoms with Crippen molar-refractivity contribution in [2.45, 2.75) is 23.8 Å². The molecule has 1 fully saturated rings. The Morgan fingerprint density at radius 3 is 2.62 bits per heavy atom. The summed E-state index contributed by atoms with van der Waals surface area (Å²) in [4.78, 5) is 27.9. The number of benzene rings is 1. The van der Waals surface area contributed by atoms with Crippen LogP contribution in [0, 0.1) is 0 Å². The van der Waals surface area contributed by atoms with Crippen LogP contribution >= 0.6 is 0 Å². The summed E-state index contributed by atoms with van der Waals surface area (Å²) < 4.78 is 30.0. The quantitative estimate of drug-likeness (QED) is 0.478. The summed E-state index contributed by atoms with van der Waals surface area (Å²) in [6.45, 7) is 0.356. The first-order valence-electron chi connectivity index (χ1n) is 9.03. The number of hydrogen-bond donors (Lipinski definition) is 2. The SMILES string of the molecule is O=c1[nH]c2ccc(S(=O)(=O)N3CCCC3c3nnc4ccccn34)cc2[nH]c1=O. The highest BCUT2D eigenvalue weighted by Gasteiger charge is 2.38. The van der Waals surface area contributed by atoms with Crippen LogP contribution in [-0.2, 0) is 10.0 Å². The van der Waals surface area contributed by atoms with Gasteiger partial charge in [-0.2, -0.15) is 4.31 Å². The molecule has 0 amide bonds. The smallest absolute Gasteiger partial charge is 0.314 e. The van der Waals surface area contributed by atoms with Gasteiger partial charge in [-0.1, -0.05) is 6.07 Å². The van der Waals surface area contributed by atoms with Gasteiger partial charge < -0.3 is 9.97 Å². The van der Waals surface area contributed by atoms with Crippen LogP contribution in [0.3, 0.4) is 0 Å². The predicted octanol–water partition coefficient (Wildman–Crippen LogP) is 0.785. The summed E-state index contributed by atoms with van der Waals surface area (Å²) in [6.07, 6.45) is 3.14. The summed E-state index contributed by atoms with van der Waals surface area (Å²) in [5, 5.41) is 8.35. The Hall–Kier alpha value is -3.31. The fraction of sp³-hybridized carbons (Fsp3) is 0.222. The molecule has 1 saturated heterocycles. The summed E-state index contributed by atoms with van der Waals surface area (Å²) in [5.41, 5.74) is -0.360. The molecule has 10 nitrogen and oxygen atoms in total. The van der Waals surface area contributed by atoms with E-state index < -0.39 is 27.2 Å². The largest absolute Gasteiger partial charge is 0.316 e. The van der Waals surface area contributed by atoms with Gasteiger partial charge in [0.2, 0.25) is 10.0 Å². The summed E-state index contributed by atoms with van der Waals surface area (Å²) in [7, 11) is -3.86. The van der Waals surface area contributed by atoms with Crippen LogP contribution in [0.25, 0.3) is 16.7 Å². The van der Waals surface area contributed by atoms with Crippen LogP contribution in [-0.4, -0.2) is 43.8 Å². The second kappa shape index (κ2) is 6.36. The van der Waals surface area contributed by atoms with Crippen LogP contribution in [0.2, 0.25) is 0 Å². The fourth-order valence-electron chi connectivity index (χ4n) is 3.76. The van der Waals surface area contributed by atoms with Crippen LogP contribution in [0.15, 0.2) is 57.1 Å². The van der Waals surface area contributed by atoms with Gasteiger partial charge in [-0.3, -0.25) is 14.0 Å². The van der Waals surface area contributed by atoms with Gasteiger partial charge in [-0.15, -0.1) is 10.2 Å². The van der Waals surface area contributed by atoms with Crippen molar-refractivity contribution in [3.05, 3.63) is 69.1 Å². The molecule has 4 aromatic rings. The van der Waals surface area contributed by atoms with Crippen LogP contribution in [0.4, 0.5) is 0 Å². The third-order valence-electron chi connectivity index (χ3n) is 5.14. The van der Waals surface area contributed by atoms with E-state index in [9.17, 15) is 18.0 Å². The Bertz CT molecular complexity index is 1470. The van der Waals surface area contributed by atoms with E-state index >= 15 is 0 Å². The van der Waals surface area contributed by atoms with Gasteiger partial charge in [0, 0.05) is 12.7 Å². The molecule has 0 spiro atoms. The maximum absolute atomic E-state index is 13.4. The zero-order valence-corrected chi connectivity index (χ0v) is 15.9. The standard InChI is InChI=1S/C18H16N6O4S/c25-17-18(26)20-13-10-11(6-7-12(13)19-17)29(27,28)24-9-3-4-14(24)16-22-21-15-5-1-2-8-23(15)16/h1-2,5-8,10,14H,3-4,9H2,(H,19,25)(H,20,26). The maximum Gasteiger partial charge on any atom is 0.314 e. The molecule has 0 saturated carbocycles. The van der Waals surface area contributed by atoms with Gasteiger partial charge in [0.05, 0.1) is 22.0 Å². The summed E-state index contributed by atoms with van der Waals surface area (Å²) in [5.74, 6) is 0.570. The number of fused-ring (bicyclic) bond motifs is 2. The van der Waals surface area contributed by atoms with E-state index in [1.165, 1.54) is 22.5 Å². The highest BCUT2D eigenvalue weighted by atomic mass is 32.2. The van der Waals surface area contributed by atoms with E-state index in [1.807, 2.05) is 24.4 Å². The number of nitrogens with zero attached hydrogens (tertiary/aromatic N) is 4. The first kappa shape index (κ1) is 17.8. The lowest BCUT2D eigenvalue weighted by Gasteiger charge is -2.23. The molecule has 4 heterocycles. The molecule has 1 aliphatic heterocycles. The first-order valence-corrected chi connectivity index (χ1v) is 10.5. The molecular weight excluding hydrogens is 396 g/mol. The molecule has 0 bridgehead atoms. The highest BCUT2D eigenvalue weighted by molar-refractivity contribution is 7.89. The average Bonchev–Trinajstić information content (AvgIpc) is 3.35. The van der Waals surface area contributed by atoms with E-state index in [0.29, 0.717) is 36.4 Å². The van der Waals surface area contributed by atoms with Crippen molar-refractivity contribution in [1.29, 1.82) is 0 Å². The molecule has 0 aliphatic carbocycles. The molecular formula is C18H16N6O4S. The van der Waals surface area contributed by atoms with E-state index in [4.69, 9.17) is 0 Å². The molecule has 1 aromatic carbocycles. The number of aromatic amines is 2. The number of rotatable bonds is 3. The Kier molecular flexibility index (Phi) is 3.89. The predicted molar refractivity (Wildman–Crippen MR) is 104 cm³/mol. The van der Waals surface area contributed by atoms with Gasteiger partial charge in [0.1, 0.15) is 0 Å². The lowest BCUT2D eigenvalue weighted by Crippen LogP contribution is -2.32. The zero-order chi connectivity index (χ0) is 20.2. The zero-order valence-electron chi connectivity index (χ0n) is 15.1. The molecule has 0 radical (unpaired) electrons. The number of hydrogen-bond acceptors (Lipinski definition) is 6. The normalized spacial score (nSPS) is 18.0. The van der Waals surface area contributed by atoms with Gasteiger partial charge in [-0.25, -0.2) is 8.42 Å². The molecule has 1 unspecified atom stereocenters. The first-order chi connectivity index (χ1) is 13.9. The molecule has 1 aliphatic rings. The lowest BCUT2D eigenvalue weighted by atomic mass is 10.2. The van der Waals surface area contributed by atoms with Crippen molar-refractivity contribution >= 4 is 26.7 Å². The maximum atomic E-state index is 13.4. The van der Waals surface area contributed by atoms with E-state index in [0.717, 1.165) is 0 Å². The molecule has 2 N–H and O–H groups in total. The van der Waals surface area contributed by atoms with Crippen molar-refractivity contribution in [3.63, 3.8) is 0 Å². The Balaban J connectivity index is 1.60. The number of nitrogens with one attached hydrogen (secondary N) is 2. The summed E-state index contributed by atoms with van der Waals surface area (Å²) >= 11 is 0. The lowest BCUT2D eigenvalue weighted by molar-refractivity contribution is 0.381. The second-order valence-electron chi connectivity index (χ2n) is 6.88. The van der Waals surface area contributed by atoms with Crippen molar-refractivity contribution in [1.82, 2.24) is 28.9 Å². The minimum absolute atomic E-state index is 0.0356.